The van der Waals surface area contributed by atoms with Crippen molar-refractivity contribution >= 4 is 23.0 Å². The second-order valence-electron chi connectivity index (χ2n) is 4.94. The predicted octanol–water partition coefficient (Wildman–Crippen LogP) is 5.12. The van der Waals surface area contributed by atoms with Crippen molar-refractivity contribution in [3.05, 3.63) is 68.7 Å². The fourth-order valence-corrected chi connectivity index (χ4v) is 2.32. The number of hydrogen-bond acceptors (Lipinski definition) is 3. The second kappa shape index (κ2) is 6.59. The number of hydrogen-bond donors (Lipinski definition) is 1. The Balaban J connectivity index is 2.28. The molecule has 0 saturated heterocycles. The van der Waals surface area contributed by atoms with Crippen LogP contribution < -0.4 is 5.32 Å². The lowest BCUT2D eigenvalue weighted by Crippen LogP contribution is -2.10. The summed E-state index contributed by atoms with van der Waals surface area (Å²) in [6.07, 6.45) is 0.849. The highest BCUT2D eigenvalue weighted by molar-refractivity contribution is 6.33. The van der Waals surface area contributed by atoms with Crippen LogP contribution in [0.5, 0.6) is 0 Å². The number of nitrogens with one attached hydrogen (secondary N) is 1. The summed E-state index contributed by atoms with van der Waals surface area (Å²) in [5.74, 6) is 0. The van der Waals surface area contributed by atoms with Gasteiger partial charge in [0.1, 0.15) is 0 Å². The van der Waals surface area contributed by atoms with Crippen molar-refractivity contribution in [3.8, 4) is 0 Å². The first-order valence-corrected chi connectivity index (χ1v) is 7.16. The third kappa shape index (κ3) is 3.73. The van der Waals surface area contributed by atoms with Crippen molar-refractivity contribution in [2.24, 2.45) is 0 Å². The van der Waals surface area contributed by atoms with Gasteiger partial charge in [-0.25, -0.2) is 0 Å². The maximum atomic E-state index is 10.9. The zero-order valence-corrected chi connectivity index (χ0v) is 12.7. The summed E-state index contributed by atoms with van der Waals surface area (Å²) >= 11 is 6.13. The third-order valence-electron chi connectivity index (χ3n) is 3.38. The standard InChI is InChI=1S/C16H17ClN2O2/c1-3-15(12-6-4-11(2)5-7-12)18-16-10-13(19(20)21)8-9-14(16)17/h4-10,15,18H,3H2,1-2H3. The first kappa shape index (κ1) is 15.3. The van der Waals surface area contributed by atoms with Gasteiger partial charge >= 0.3 is 0 Å². The molecule has 0 bridgehead atoms. The summed E-state index contributed by atoms with van der Waals surface area (Å²) in [7, 11) is 0. The van der Waals surface area contributed by atoms with E-state index in [0.717, 1.165) is 12.0 Å². The highest BCUT2D eigenvalue weighted by Crippen LogP contribution is 2.31. The van der Waals surface area contributed by atoms with Crippen LogP contribution in [0.3, 0.4) is 0 Å². The molecule has 1 atom stereocenters. The molecular weight excluding hydrogens is 288 g/mol. The van der Waals surface area contributed by atoms with Crippen LogP contribution in [-0.4, -0.2) is 4.92 Å². The minimum atomic E-state index is -0.422. The van der Waals surface area contributed by atoms with Gasteiger partial charge < -0.3 is 5.32 Å². The number of nitro benzene ring substituents is 1. The first-order chi connectivity index (χ1) is 10.0. The van der Waals surface area contributed by atoms with E-state index in [-0.39, 0.29) is 11.7 Å². The molecule has 0 saturated carbocycles. The molecule has 0 aliphatic rings. The number of nitrogens with zero attached hydrogens (tertiary/aromatic N) is 1. The molecule has 0 aromatic heterocycles. The Kier molecular flexibility index (Phi) is 4.81. The van der Waals surface area contributed by atoms with Crippen LogP contribution in [0.2, 0.25) is 5.02 Å². The van der Waals surface area contributed by atoms with Crippen molar-refractivity contribution in [2.45, 2.75) is 26.3 Å². The van der Waals surface area contributed by atoms with E-state index >= 15 is 0 Å². The molecular formula is C16H17ClN2O2. The van der Waals surface area contributed by atoms with E-state index in [0.29, 0.717) is 10.7 Å². The average Bonchev–Trinajstić information content (AvgIpc) is 2.47. The quantitative estimate of drug-likeness (QED) is 0.616. The number of aryl methyl sites for hydroxylation is 1. The molecule has 1 N–H and O–H groups in total. The summed E-state index contributed by atoms with van der Waals surface area (Å²) in [5.41, 5.74) is 2.94. The van der Waals surface area contributed by atoms with Crippen LogP contribution in [-0.2, 0) is 0 Å². The first-order valence-electron chi connectivity index (χ1n) is 6.78. The lowest BCUT2D eigenvalue weighted by molar-refractivity contribution is -0.384. The van der Waals surface area contributed by atoms with Gasteiger partial charge in [-0.2, -0.15) is 0 Å². The summed E-state index contributed by atoms with van der Waals surface area (Å²) in [6, 6.07) is 12.7. The van der Waals surface area contributed by atoms with Crippen molar-refractivity contribution < 1.29 is 4.92 Å². The normalized spacial score (nSPS) is 12.0. The van der Waals surface area contributed by atoms with Gasteiger partial charge in [-0.3, -0.25) is 10.1 Å². The Bertz CT molecular complexity index is 641. The van der Waals surface area contributed by atoms with Gasteiger partial charge in [0.05, 0.1) is 21.7 Å². The highest BCUT2D eigenvalue weighted by atomic mass is 35.5. The monoisotopic (exact) mass is 304 g/mol. The molecule has 2 aromatic rings. The molecule has 110 valence electrons. The molecule has 5 heteroatoms. The maximum absolute atomic E-state index is 10.9. The van der Waals surface area contributed by atoms with E-state index in [1.807, 2.05) is 6.92 Å². The van der Waals surface area contributed by atoms with Gasteiger partial charge in [0.15, 0.2) is 0 Å². The summed E-state index contributed by atoms with van der Waals surface area (Å²) in [4.78, 5) is 10.4. The van der Waals surface area contributed by atoms with Crippen molar-refractivity contribution in [2.75, 3.05) is 5.32 Å². The van der Waals surface area contributed by atoms with Crippen LogP contribution in [0.1, 0.15) is 30.5 Å². The molecule has 21 heavy (non-hydrogen) atoms. The number of non-ortho nitro benzene ring substituents is 1. The molecule has 0 spiro atoms. The van der Waals surface area contributed by atoms with Gasteiger partial charge in [0, 0.05) is 12.1 Å². The Morgan fingerprint density at radius 1 is 1.24 bits per heavy atom. The summed E-state index contributed by atoms with van der Waals surface area (Å²) < 4.78 is 0. The zero-order valence-electron chi connectivity index (χ0n) is 12.0. The number of nitro groups is 1. The molecule has 0 aliphatic heterocycles. The van der Waals surface area contributed by atoms with E-state index in [1.54, 1.807) is 6.07 Å². The molecule has 0 aliphatic carbocycles. The Morgan fingerprint density at radius 3 is 2.48 bits per heavy atom. The number of benzene rings is 2. The van der Waals surface area contributed by atoms with E-state index in [9.17, 15) is 10.1 Å². The van der Waals surface area contributed by atoms with Crippen LogP contribution in [0.15, 0.2) is 42.5 Å². The minimum absolute atomic E-state index is 0.0284. The van der Waals surface area contributed by atoms with Crippen molar-refractivity contribution in [1.29, 1.82) is 0 Å². The van der Waals surface area contributed by atoms with Gasteiger partial charge in [-0.05, 0) is 25.0 Å². The molecule has 0 radical (unpaired) electrons. The number of anilines is 1. The predicted molar refractivity (Wildman–Crippen MR) is 85.9 cm³/mol. The molecule has 2 rings (SSSR count). The second-order valence-corrected chi connectivity index (χ2v) is 5.34. The lowest BCUT2D eigenvalue weighted by Gasteiger charge is -2.19. The highest BCUT2D eigenvalue weighted by Gasteiger charge is 2.14. The Labute approximate surface area is 128 Å². The van der Waals surface area contributed by atoms with Crippen LogP contribution in [0.25, 0.3) is 0 Å². The smallest absolute Gasteiger partial charge is 0.271 e. The maximum Gasteiger partial charge on any atom is 0.271 e. The molecule has 2 aromatic carbocycles. The fraction of sp³-hybridized carbons (Fsp3) is 0.250. The van der Waals surface area contributed by atoms with E-state index < -0.39 is 4.92 Å². The van der Waals surface area contributed by atoms with Crippen molar-refractivity contribution in [3.63, 3.8) is 0 Å². The van der Waals surface area contributed by atoms with Crippen LogP contribution in [0, 0.1) is 17.0 Å². The van der Waals surface area contributed by atoms with Gasteiger partial charge in [-0.1, -0.05) is 48.4 Å². The van der Waals surface area contributed by atoms with Gasteiger partial charge in [0.2, 0.25) is 0 Å². The van der Waals surface area contributed by atoms with E-state index in [2.05, 4.69) is 36.5 Å². The molecule has 0 fully saturated rings. The van der Waals surface area contributed by atoms with Gasteiger partial charge in [-0.15, -0.1) is 0 Å². The van der Waals surface area contributed by atoms with E-state index in [1.165, 1.54) is 17.7 Å². The lowest BCUT2D eigenvalue weighted by atomic mass is 10.0. The number of halogens is 1. The van der Waals surface area contributed by atoms with E-state index in [4.69, 9.17) is 11.6 Å². The SMILES string of the molecule is CCC(Nc1cc([N+](=O)[O-])ccc1Cl)c1ccc(C)cc1. The van der Waals surface area contributed by atoms with Gasteiger partial charge in [0.25, 0.3) is 5.69 Å². The Hall–Kier alpha value is -2.07. The molecule has 1 unspecified atom stereocenters. The topological polar surface area (TPSA) is 55.2 Å². The molecule has 0 heterocycles. The zero-order chi connectivity index (χ0) is 15.4. The van der Waals surface area contributed by atoms with Crippen molar-refractivity contribution in [1.82, 2.24) is 0 Å². The van der Waals surface area contributed by atoms with Crippen LogP contribution in [0.4, 0.5) is 11.4 Å². The number of rotatable bonds is 5. The fourth-order valence-electron chi connectivity index (χ4n) is 2.15. The summed E-state index contributed by atoms with van der Waals surface area (Å²) in [5, 5.41) is 14.6. The average molecular weight is 305 g/mol. The third-order valence-corrected chi connectivity index (χ3v) is 3.71. The minimum Gasteiger partial charge on any atom is -0.377 e. The molecule has 0 amide bonds. The summed E-state index contributed by atoms with van der Waals surface area (Å²) in [6.45, 7) is 4.10. The Morgan fingerprint density at radius 2 is 1.90 bits per heavy atom. The largest absolute Gasteiger partial charge is 0.377 e. The van der Waals surface area contributed by atoms with Crippen LogP contribution >= 0.6 is 11.6 Å². The molecule has 4 nitrogen and oxygen atoms in total.